The second kappa shape index (κ2) is 5.92. The highest BCUT2D eigenvalue weighted by Gasteiger charge is 2.11. The van der Waals surface area contributed by atoms with Gasteiger partial charge in [-0.3, -0.25) is 4.79 Å². The van der Waals surface area contributed by atoms with Crippen molar-refractivity contribution in [3.05, 3.63) is 68.1 Å². The Balaban J connectivity index is 2.22. The third kappa shape index (κ3) is 3.70. The molecule has 0 atom stereocenters. The predicted molar refractivity (Wildman–Crippen MR) is 76.2 cm³/mol. The fourth-order valence-corrected chi connectivity index (χ4v) is 2.43. The summed E-state index contributed by atoms with van der Waals surface area (Å²) in [6.45, 7) is 0. The van der Waals surface area contributed by atoms with Crippen LogP contribution >= 0.6 is 31.9 Å². The van der Waals surface area contributed by atoms with E-state index in [1.165, 1.54) is 30.3 Å². The smallest absolute Gasteiger partial charge is 0.167 e. The number of benzene rings is 2. The zero-order chi connectivity index (χ0) is 14.0. The topological polar surface area (TPSA) is 17.1 Å². The molecule has 0 amide bonds. The van der Waals surface area contributed by atoms with Crippen LogP contribution in [0.4, 0.5) is 8.78 Å². The van der Waals surface area contributed by atoms with Crippen LogP contribution in [0.5, 0.6) is 0 Å². The van der Waals surface area contributed by atoms with Gasteiger partial charge in [-0.15, -0.1) is 0 Å². The van der Waals surface area contributed by atoms with Crippen LogP contribution in [0, 0.1) is 11.6 Å². The fraction of sp³-hybridized carbons (Fsp3) is 0.0714. The van der Waals surface area contributed by atoms with Gasteiger partial charge in [0.15, 0.2) is 5.78 Å². The molecule has 0 aliphatic rings. The minimum Gasteiger partial charge on any atom is -0.294 e. The van der Waals surface area contributed by atoms with Gasteiger partial charge in [0.05, 0.1) is 4.47 Å². The first kappa shape index (κ1) is 14.3. The third-order valence-corrected chi connectivity index (χ3v) is 3.63. The number of ketones is 1. The number of hydrogen-bond donors (Lipinski definition) is 0. The summed E-state index contributed by atoms with van der Waals surface area (Å²) in [6, 6.07) is 8.44. The molecule has 19 heavy (non-hydrogen) atoms. The summed E-state index contributed by atoms with van der Waals surface area (Å²) in [7, 11) is 0. The molecule has 0 radical (unpaired) electrons. The van der Waals surface area contributed by atoms with Crippen molar-refractivity contribution in [1.29, 1.82) is 0 Å². The zero-order valence-corrected chi connectivity index (χ0v) is 12.8. The highest BCUT2D eigenvalue weighted by Crippen LogP contribution is 2.19. The molecule has 0 N–H and O–H groups in total. The van der Waals surface area contributed by atoms with Crippen LogP contribution in [-0.2, 0) is 6.42 Å². The molecule has 0 spiro atoms. The molecular formula is C14H8Br2F2O. The molecule has 0 unspecified atom stereocenters. The van der Waals surface area contributed by atoms with Crippen LogP contribution in [0.3, 0.4) is 0 Å². The summed E-state index contributed by atoms with van der Waals surface area (Å²) in [5.74, 6) is -1.17. The predicted octanol–water partition coefficient (Wildman–Crippen LogP) is 4.92. The molecule has 2 rings (SSSR count). The van der Waals surface area contributed by atoms with Gasteiger partial charge in [0, 0.05) is 16.5 Å². The Hall–Kier alpha value is -1.07. The molecule has 0 fully saturated rings. The largest absolute Gasteiger partial charge is 0.294 e. The van der Waals surface area contributed by atoms with E-state index in [2.05, 4.69) is 31.9 Å². The maximum Gasteiger partial charge on any atom is 0.167 e. The standard InChI is InChI=1S/C14H8Br2F2O/c15-10-3-8(4-11(17)7-10)5-14(19)9-1-2-12(16)13(18)6-9/h1-4,6-7H,5H2. The minimum absolute atomic E-state index is 0.0252. The van der Waals surface area contributed by atoms with Crippen LogP contribution in [0.15, 0.2) is 45.3 Å². The number of carbonyl (C=O) groups excluding carboxylic acids is 1. The van der Waals surface area contributed by atoms with Gasteiger partial charge in [-0.05, 0) is 51.8 Å². The van der Waals surface area contributed by atoms with Gasteiger partial charge in [0.25, 0.3) is 0 Å². The van der Waals surface area contributed by atoms with Crippen LogP contribution in [0.1, 0.15) is 15.9 Å². The van der Waals surface area contributed by atoms with Gasteiger partial charge in [-0.2, -0.15) is 0 Å². The van der Waals surface area contributed by atoms with E-state index in [0.717, 1.165) is 0 Å². The summed E-state index contributed by atoms with van der Waals surface area (Å²) in [6.07, 6.45) is 0.0252. The normalized spacial score (nSPS) is 10.5. The van der Waals surface area contributed by atoms with Crippen LogP contribution in [0.25, 0.3) is 0 Å². The van der Waals surface area contributed by atoms with E-state index in [1.54, 1.807) is 6.07 Å². The second-order valence-corrected chi connectivity index (χ2v) is 5.78. The SMILES string of the molecule is O=C(Cc1cc(F)cc(Br)c1)c1ccc(Br)c(F)c1. The van der Waals surface area contributed by atoms with Gasteiger partial charge in [-0.25, -0.2) is 8.78 Å². The Bertz CT molecular complexity index is 621. The maximum atomic E-state index is 13.3. The molecule has 0 saturated carbocycles. The Labute approximate surface area is 125 Å². The highest BCUT2D eigenvalue weighted by molar-refractivity contribution is 9.10. The van der Waals surface area contributed by atoms with Crippen LogP contribution < -0.4 is 0 Å². The van der Waals surface area contributed by atoms with E-state index in [0.29, 0.717) is 14.5 Å². The molecule has 0 heterocycles. The Morgan fingerprint density at radius 1 is 1.05 bits per heavy atom. The van der Waals surface area contributed by atoms with E-state index in [-0.39, 0.29) is 17.8 Å². The van der Waals surface area contributed by atoms with Crippen molar-refractivity contribution in [3.63, 3.8) is 0 Å². The summed E-state index contributed by atoms with van der Waals surface area (Å²) >= 11 is 6.19. The molecule has 0 aliphatic carbocycles. The molecule has 0 aromatic heterocycles. The van der Waals surface area contributed by atoms with Crippen molar-refractivity contribution >= 4 is 37.6 Å². The monoisotopic (exact) mass is 388 g/mol. The Kier molecular flexibility index (Phi) is 4.47. The lowest BCUT2D eigenvalue weighted by atomic mass is 10.0. The fourth-order valence-electron chi connectivity index (χ4n) is 1.67. The number of halogens is 4. The number of hydrogen-bond acceptors (Lipinski definition) is 1. The highest BCUT2D eigenvalue weighted by atomic mass is 79.9. The quantitative estimate of drug-likeness (QED) is 0.681. The molecule has 2 aromatic carbocycles. The molecular weight excluding hydrogens is 382 g/mol. The van der Waals surface area contributed by atoms with E-state index >= 15 is 0 Å². The zero-order valence-electron chi connectivity index (χ0n) is 9.59. The molecule has 5 heteroatoms. The molecule has 2 aromatic rings. The first-order chi connectivity index (χ1) is 8.95. The first-order valence-corrected chi connectivity index (χ1v) is 6.97. The van der Waals surface area contributed by atoms with Crippen molar-refractivity contribution in [2.45, 2.75) is 6.42 Å². The van der Waals surface area contributed by atoms with Crippen LogP contribution in [0.2, 0.25) is 0 Å². The van der Waals surface area contributed by atoms with Crippen molar-refractivity contribution in [1.82, 2.24) is 0 Å². The molecule has 0 bridgehead atoms. The van der Waals surface area contributed by atoms with Gasteiger partial charge in [0.2, 0.25) is 0 Å². The van der Waals surface area contributed by atoms with Gasteiger partial charge < -0.3 is 0 Å². The Morgan fingerprint density at radius 3 is 2.42 bits per heavy atom. The van der Waals surface area contributed by atoms with Crippen molar-refractivity contribution in [2.24, 2.45) is 0 Å². The Morgan fingerprint density at radius 2 is 1.79 bits per heavy atom. The molecule has 1 nitrogen and oxygen atoms in total. The lowest BCUT2D eigenvalue weighted by molar-refractivity contribution is 0.0992. The average Bonchev–Trinajstić information content (AvgIpc) is 2.31. The van der Waals surface area contributed by atoms with Crippen molar-refractivity contribution in [3.8, 4) is 0 Å². The molecule has 0 aliphatic heterocycles. The first-order valence-electron chi connectivity index (χ1n) is 5.39. The van der Waals surface area contributed by atoms with Crippen molar-refractivity contribution in [2.75, 3.05) is 0 Å². The van der Waals surface area contributed by atoms with Gasteiger partial charge in [0.1, 0.15) is 11.6 Å². The summed E-state index contributed by atoms with van der Waals surface area (Å²) in [4.78, 5) is 12.0. The second-order valence-electron chi connectivity index (χ2n) is 4.01. The van der Waals surface area contributed by atoms with Gasteiger partial charge in [-0.1, -0.05) is 22.0 Å². The van der Waals surface area contributed by atoms with E-state index < -0.39 is 11.6 Å². The third-order valence-electron chi connectivity index (χ3n) is 2.53. The lowest BCUT2D eigenvalue weighted by Gasteiger charge is -2.04. The van der Waals surface area contributed by atoms with Crippen molar-refractivity contribution < 1.29 is 13.6 Å². The molecule has 0 saturated heterocycles. The van der Waals surface area contributed by atoms with Crippen LogP contribution in [-0.4, -0.2) is 5.78 Å². The lowest BCUT2D eigenvalue weighted by Crippen LogP contribution is -2.04. The number of Topliss-reactive ketones (excluding diaryl/α,β-unsaturated/α-hetero) is 1. The molecule has 98 valence electrons. The maximum absolute atomic E-state index is 13.3. The average molecular weight is 390 g/mol. The number of rotatable bonds is 3. The van der Waals surface area contributed by atoms with E-state index in [9.17, 15) is 13.6 Å². The summed E-state index contributed by atoms with van der Waals surface area (Å²) in [5.41, 5.74) is 0.807. The minimum atomic E-state index is -0.494. The summed E-state index contributed by atoms with van der Waals surface area (Å²) < 4.78 is 27.4. The summed E-state index contributed by atoms with van der Waals surface area (Å²) in [5, 5.41) is 0. The number of carbonyl (C=O) groups is 1. The van der Waals surface area contributed by atoms with E-state index in [1.807, 2.05) is 0 Å². The van der Waals surface area contributed by atoms with E-state index in [4.69, 9.17) is 0 Å². The van der Waals surface area contributed by atoms with Gasteiger partial charge >= 0.3 is 0 Å².